The maximum atomic E-state index is 6.01. The lowest BCUT2D eigenvalue weighted by molar-refractivity contribution is 0.773. The number of hydrogen-bond donors (Lipinski definition) is 3. The summed E-state index contributed by atoms with van der Waals surface area (Å²) in [5.41, 5.74) is 8.78. The Morgan fingerprint density at radius 1 is 1.53 bits per heavy atom. The fourth-order valence-electron chi connectivity index (χ4n) is 1.77. The molecular formula is C12H18N4S. The van der Waals surface area contributed by atoms with Gasteiger partial charge in [-0.1, -0.05) is 0 Å². The molecule has 0 aliphatic rings. The summed E-state index contributed by atoms with van der Waals surface area (Å²) in [5.74, 6) is 1.15. The SMILES string of the molecule is CSCCC(C)Nc1cc2[nH]ncc2cc1N. The highest BCUT2D eigenvalue weighted by atomic mass is 32.2. The van der Waals surface area contributed by atoms with E-state index in [1.165, 1.54) is 0 Å². The number of fused-ring (bicyclic) bond motifs is 1. The molecule has 0 spiro atoms. The van der Waals surface area contributed by atoms with Crippen LogP contribution in [-0.2, 0) is 0 Å². The third-order valence-electron chi connectivity index (χ3n) is 2.77. The van der Waals surface area contributed by atoms with Crippen molar-refractivity contribution in [1.82, 2.24) is 10.2 Å². The number of nitrogens with two attached hydrogens (primary N) is 1. The predicted octanol–water partition coefficient (Wildman–Crippen LogP) is 2.70. The van der Waals surface area contributed by atoms with Crippen LogP contribution in [0.4, 0.5) is 11.4 Å². The van der Waals surface area contributed by atoms with Crippen LogP contribution in [-0.4, -0.2) is 28.2 Å². The Morgan fingerprint density at radius 3 is 3.12 bits per heavy atom. The molecule has 5 heteroatoms. The number of aromatic amines is 1. The van der Waals surface area contributed by atoms with Crippen molar-refractivity contribution in [2.45, 2.75) is 19.4 Å². The molecule has 4 N–H and O–H groups in total. The number of aromatic nitrogens is 2. The van der Waals surface area contributed by atoms with Crippen molar-refractivity contribution >= 4 is 34.0 Å². The van der Waals surface area contributed by atoms with E-state index < -0.39 is 0 Å². The normalized spacial score (nSPS) is 12.8. The molecule has 0 aliphatic heterocycles. The van der Waals surface area contributed by atoms with Gasteiger partial charge in [0.2, 0.25) is 0 Å². The molecule has 92 valence electrons. The van der Waals surface area contributed by atoms with Gasteiger partial charge in [0.25, 0.3) is 0 Å². The maximum absolute atomic E-state index is 6.01. The molecule has 1 aromatic heterocycles. The molecule has 0 saturated carbocycles. The monoisotopic (exact) mass is 250 g/mol. The molecule has 1 unspecified atom stereocenters. The summed E-state index contributed by atoms with van der Waals surface area (Å²) in [4.78, 5) is 0. The van der Waals surface area contributed by atoms with Crippen molar-refractivity contribution in [2.24, 2.45) is 0 Å². The van der Waals surface area contributed by atoms with E-state index in [2.05, 4.69) is 28.7 Å². The number of benzene rings is 1. The molecule has 0 radical (unpaired) electrons. The summed E-state index contributed by atoms with van der Waals surface area (Å²) in [6.45, 7) is 2.17. The average Bonchev–Trinajstić information content (AvgIpc) is 2.74. The van der Waals surface area contributed by atoms with Crippen LogP contribution in [0.3, 0.4) is 0 Å². The van der Waals surface area contributed by atoms with Crippen molar-refractivity contribution < 1.29 is 0 Å². The third kappa shape index (κ3) is 2.85. The zero-order chi connectivity index (χ0) is 12.3. The first-order chi connectivity index (χ1) is 8.20. The Morgan fingerprint density at radius 2 is 2.35 bits per heavy atom. The second kappa shape index (κ2) is 5.31. The highest BCUT2D eigenvalue weighted by Gasteiger charge is 2.07. The first-order valence-electron chi connectivity index (χ1n) is 5.69. The number of nitrogen functional groups attached to an aromatic ring is 1. The van der Waals surface area contributed by atoms with E-state index >= 15 is 0 Å². The molecule has 0 bridgehead atoms. The van der Waals surface area contributed by atoms with Gasteiger partial charge in [0.1, 0.15) is 0 Å². The van der Waals surface area contributed by atoms with Crippen molar-refractivity contribution in [1.29, 1.82) is 0 Å². The molecule has 1 heterocycles. The summed E-state index contributed by atoms with van der Waals surface area (Å²) < 4.78 is 0. The molecule has 0 amide bonds. The van der Waals surface area contributed by atoms with Gasteiger partial charge in [0.05, 0.1) is 23.1 Å². The summed E-state index contributed by atoms with van der Waals surface area (Å²) in [6, 6.07) is 4.39. The van der Waals surface area contributed by atoms with Crippen molar-refractivity contribution in [3.63, 3.8) is 0 Å². The Labute approximate surface area is 105 Å². The lowest BCUT2D eigenvalue weighted by Gasteiger charge is -2.16. The van der Waals surface area contributed by atoms with E-state index in [-0.39, 0.29) is 0 Å². The highest BCUT2D eigenvalue weighted by Crippen LogP contribution is 2.25. The summed E-state index contributed by atoms with van der Waals surface area (Å²) in [6.07, 6.45) is 5.03. The van der Waals surface area contributed by atoms with E-state index in [1.807, 2.05) is 23.9 Å². The second-order valence-corrected chi connectivity index (χ2v) is 5.21. The van der Waals surface area contributed by atoms with Gasteiger partial charge in [-0.3, -0.25) is 5.10 Å². The Kier molecular flexibility index (Phi) is 3.78. The number of thioether (sulfide) groups is 1. The van der Waals surface area contributed by atoms with E-state index in [0.717, 1.165) is 34.5 Å². The van der Waals surface area contributed by atoms with Crippen LogP contribution in [0.5, 0.6) is 0 Å². The van der Waals surface area contributed by atoms with Gasteiger partial charge in [-0.05, 0) is 37.5 Å². The molecule has 17 heavy (non-hydrogen) atoms. The molecule has 2 rings (SSSR count). The summed E-state index contributed by atoms with van der Waals surface area (Å²) in [5, 5.41) is 11.4. The maximum Gasteiger partial charge on any atom is 0.0672 e. The summed E-state index contributed by atoms with van der Waals surface area (Å²) in [7, 11) is 0. The molecule has 2 aromatic rings. The minimum absolute atomic E-state index is 0.421. The van der Waals surface area contributed by atoms with Gasteiger partial charge in [0.15, 0.2) is 0 Å². The zero-order valence-corrected chi connectivity index (χ0v) is 11.0. The van der Waals surface area contributed by atoms with Crippen molar-refractivity contribution in [2.75, 3.05) is 23.1 Å². The smallest absolute Gasteiger partial charge is 0.0672 e. The van der Waals surface area contributed by atoms with Crippen LogP contribution < -0.4 is 11.1 Å². The summed E-state index contributed by atoms with van der Waals surface area (Å²) >= 11 is 1.86. The molecule has 0 fully saturated rings. The predicted molar refractivity (Wildman–Crippen MR) is 76.6 cm³/mol. The van der Waals surface area contributed by atoms with Gasteiger partial charge in [-0.2, -0.15) is 16.9 Å². The van der Waals surface area contributed by atoms with Crippen molar-refractivity contribution in [3.05, 3.63) is 18.3 Å². The largest absolute Gasteiger partial charge is 0.397 e. The van der Waals surface area contributed by atoms with Gasteiger partial charge in [-0.15, -0.1) is 0 Å². The average molecular weight is 250 g/mol. The van der Waals surface area contributed by atoms with Crippen LogP contribution in [0.1, 0.15) is 13.3 Å². The highest BCUT2D eigenvalue weighted by molar-refractivity contribution is 7.98. The number of H-pyrrole nitrogens is 1. The minimum atomic E-state index is 0.421. The van der Waals surface area contributed by atoms with E-state index in [4.69, 9.17) is 5.73 Å². The van der Waals surface area contributed by atoms with E-state index in [1.54, 1.807) is 6.20 Å². The number of nitrogens with zero attached hydrogens (tertiary/aromatic N) is 1. The lowest BCUT2D eigenvalue weighted by atomic mass is 10.2. The molecule has 1 atom stereocenters. The fourth-order valence-corrected chi connectivity index (χ4v) is 2.36. The van der Waals surface area contributed by atoms with Crippen molar-refractivity contribution in [3.8, 4) is 0 Å². The number of rotatable bonds is 5. The van der Waals surface area contributed by atoms with E-state index in [0.29, 0.717) is 6.04 Å². The second-order valence-electron chi connectivity index (χ2n) is 4.22. The molecular weight excluding hydrogens is 232 g/mol. The lowest BCUT2D eigenvalue weighted by Crippen LogP contribution is -2.16. The number of nitrogens with one attached hydrogen (secondary N) is 2. The van der Waals surface area contributed by atoms with Gasteiger partial charge in [-0.25, -0.2) is 0 Å². The van der Waals surface area contributed by atoms with E-state index in [9.17, 15) is 0 Å². The third-order valence-corrected chi connectivity index (χ3v) is 3.41. The molecule has 0 saturated heterocycles. The zero-order valence-electron chi connectivity index (χ0n) is 10.2. The van der Waals surface area contributed by atoms with Gasteiger partial charge >= 0.3 is 0 Å². The van der Waals surface area contributed by atoms with Gasteiger partial charge < -0.3 is 11.1 Å². The van der Waals surface area contributed by atoms with Crippen LogP contribution in [0.25, 0.3) is 10.9 Å². The first kappa shape index (κ1) is 12.1. The van der Waals surface area contributed by atoms with Crippen LogP contribution in [0.2, 0.25) is 0 Å². The first-order valence-corrected chi connectivity index (χ1v) is 7.08. The Hall–Kier alpha value is -1.36. The quantitative estimate of drug-likeness (QED) is 0.714. The van der Waals surface area contributed by atoms with Gasteiger partial charge in [0, 0.05) is 11.4 Å². The number of hydrogen-bond acceptors (Lipinski definition) is 4. The Balaban J connectivity index is 2.14. The minimum Gasteiger partial charge on any atom is -0.397 e. The van der Waals surface area contributed by atoms with Crippen LogP contribution >= 0.6 is 11.8 Å². The topological polar surface area (TPSA) is 66.7 Å². The van der Waals surface area contributed by atoms with Crippen LogP contribution in [0.15, 0.2) is 18.3 Å². The molecule has 0 aliphatic carbocycles. The Bertz CT molecular complexity index is 494. The standard InChI is InChI=1S/C12H18N4S/c1-8(3-4-17-2)15-12-6-11-9(5-10(12)13)7-14-16-11/h5-8,15H,3-4,13H2,1-2H3,(H,14,16). The molecule has 1 aromatic carbocycles. The molecule has 4 nitrogen and oxygen atoms in total. The fraction of sp³-hybridized carbons (Fsp3) is 0.417. The number of anilines is 2. The van der Waals surface area contributed by atoms with Crippen LogP contribution in [0, 0.1) is 0 Å².